The van der Waals surface area contributed by atoms with Gasteiger partial charge in [0.25, 0.3) is 0 Å². The zero-order valence-corrected chi connectivity index (χ0v) is 16.4. The van der Waals surface area contributed by atoms with Gasteiger partial charge in [-0.1, -0.05) is 23.3 Å². The molecule has 1 aliphatic rings. The topological polar surface area (TPSA) is 66.8 Å². The zero-order chi connectivity index (χ0) is 19.5. The molecule has 0 radical (unpaired) electrons. The van der Waals surface area contributed by atoms with E-state index in [2.05, 4.69) is 12.2 Å². The third-order valence-electron chi connectivity index (χ3n) is 4.78. The van der Waals surface area contributed by atoms with E-state index in [1.165, 1.54) is 11.1 Å². The molecule has 0 aliphatic carbocycles. The van der Waals surface area contributed by atoms with Crippen molar-refractivity contribution in [1.82, 2.24) is 0 Å². The quantitative estimate of drug-likeness (QED) is 0.694. The fourth-order valence-corrected chi connectivity index (χ4v) is 3.19. The number of aliphatic hydroxyl groups is 1. The second-order valence-electron chi connectivity index (χ2n) is 7.90. The molecule has 0 unspecified atom stereocenters. The molecule has 1 aromatic rings. The van der Waals surface area contributed by atoms with Gasteiger partial charge in [0.15, 0.2) is 0 Å². The summed E-state index contributed by atoms with van der Waals surface area (Å²) >= 11 is 0. The second-order valence-corrected chi connectivity index (χ2v) is 7.90. The average Bonchev–Trinajstić information content (AvgIpc) is 2.96. The fourth-order valence-electron chi connectivity index (χ4n) is 3.19. The summed E-state index contributed by atoms with van der Waals surface area (Å²) in [7, 11) is 0. The molecule has 1 heterocycles. The van der Waals surface area contributed by atoms with Crippen LogP contribution in [0.4, 0.5) is 0 Å². The van der Waals surface area contributed by atoms with Crippen LogP contribution in [-0.4, -0.2) is 27.9 Å². The molecule has 2 atom stereocenters. The van der Waals surface area contributed by atoms with Crippen LogP contribution in [0.5, 0.6) is 5.75 Å². The maximum atomic E-state index is 11.5. The van der Waals surface area contributed by atoms with Crippen LogP contribution >= 0.6 is 0 Å². The maximum absolute atomic E-state index is 11.5. The molecule has 2 rings (SSSR count). The summed E-state index contributed by atoms with van der Waals surface area (Å²) in [6, 6.07) is 3.36. The van der Waals surface area contributed by atoms with Crippen LogP contribution in [0.15, 0.2) is 35.4 Å². The van der Waals surface area contributed by atoms with Crippen LogP contribution in [0.2, 0.25) is 0 Å². The van der Waals surface area contributed by atoms with Crippen molar-refractivity contribution in [1.29, 1.82) is 0 Å². The highest BCUT2D eigenvalue weighted by Gasteiger charge is 2.39. The van der Waals surface area contributed by atoms with Gasteiger partial charge in [0.2, 0.25) is 0 Å². The van der Waals surface area contributed by atoms with Crippen molar-refractivity contribution in [3.05, 3.63) is 52.1 Å². The van der Waals surface area contributed by atoms with Crippen molar-refractivity contribution in [2.75, 3.05) is 0 Å². The van der Waals surface area contributed by atoms with Gasteiger partial charge >= 0.3 is 5.97 Å². The molecule has 4 heteroatoms. The third kappa shape index (κ3) is 4.98. The number of fused-ring (bicyclic) bond motifs is 1. The summed E-state index contributed by atoms with van der Waals surface area (Å²) in [5, 5.41) is 20.3. The molecule has 1 aliphatic heterocycles. The molecule has 0 bridgehead atoms. The SMILES string of the molecule is CC(C)=CCC[C@](C)(O)[C@H]1Cc2cc(C(=O)O)cc(CC=C(C)C)c2O1. The molecule has 4 nitrogen and oxygen atoms in total. The average molecular weight is 358 g/mol. The minimum atomic E-state index is -0.970. The van der Waals surface area contributed by atoms with Crippen LogP contribution in [0, 0.1) is 0 Å². The molecule has 2 N–H and O–H groups in total. The van der Waals surface area contributed by atoms with E-state index in [4.69, 9.17) is 4.74 Å². The van der Waals surface area contributed by atoms with Gasteiger partial charge in [-0.05, 0) is 77.1 Å². The number of carbonyl (C=O) groups is 1. The Balaban J connectivity index is 2.27. The first-order chi connectivity index (χ1) is 12.1. The summed E-state index contributed by atoms with van der Waals surface area (Å²) in [5.74, 6) is -0.204. The summed E-state index contributed by atoms with van der Waals surface area (Å²) in [6.45, 7) is 9.91. The number of benzene rings is 1. The lowest BCUT2D eigenvalue weighted by Gasteiger charge is -2.29. The van der Waals surface area contributed by atoms with E-state index in [9.17, 15) is 15.0 Å². The summed E-state index contributed by atoms with van der Waals surface area (Å²) in [6.07, 6.45) is 6.35. The highest BCUT2D eigenvalue weighted by Crippen LogP contribution is 2.39. The van der Waals surface area contributed by atoms with Gasteiger partial charge in [-0.2, -0.15) is 0 Å². The summed E-state index contributed by atoms with van der Waals surface area (Å²) in [4.78, 5) is 11.5. The van der Waals surface area contributed by atoms with E-state index in [1.54, 1.807) is 19.1 Å². The molecular weight excluding hydrogens is 328 g/mol. The molecule has 26 heavy (non-hydrogen) atoms. The lowest BCUT2D eigenvalue weighted by atomic mass is 9.89. The number of carboxylic acids is 1. The Labute approximate surface area is 156 Å². The number of carboxylic acid groups (broad SMARTS) is 1. The van der Waals surface area contributed by atoms with Gasteiger partial charge in [0.05, 0.1) is 11.2 Å². The Hall–Kier alpha value is -2.07. The third-order valence-corrected chi connectivity index (χ3v) is 4.78. The molecule has 0 fully saturated rings. The monoisotopic (exact) mass is 358 g/mol. The Kier molecular flexibility index (Phi) is 6.30. The van der Waals surface area contributed by atoms with E-state index < -0.39 is 11.6 Å². The lowest BCUT2D eigenvalue weighted by Crippen LogP contribution is -2.42. The number of allylic oxidation sites excluding steroid dienone is 4. The van der Waals surface area contributed by atoms with Gasteiger partial charge in [-0.15, -0.1) is 0 Å². The second kappa shape index (κ2) is 8.09. The zero-order valence-electron chi connectivity index (χ0n) is 16.4. The molecule has 0 saturated heterocycles. The maximum Gasteiger partial charge on any atom is 0.335 e. The van der Waals surface area contributed by atoms with Crippen LogP contribution in [0.1, 0.15) is 68.9 Å². The van der Waals surface area contributed by atoms with E-state index in [0.29, 0.717) is 19.3 Å². The molecule has 0 aromatic heterocycles. The predicted octanol–water partition coefficient (Wildman–Crippen LogP) is 4.69. The highest BCUT2D eigenvalue weighted by molar-refractivity contribution is 5.88. The van der Waals surface area contributed by atoms with Crippen LogP contribution in [-0.2, 0) is 12.8 Å². The number of aromatic carboxylic acids is 1. The van der Waals surface area contributed by atoms with Crippen molar-refractivity contribution in [2.45, 2.75) is 72.0 Å². The van der Waals surface area contributed by atoms with E-state index >= 15 is 0 Å². The highest BCUT2D eigenvalue weighted by atomic mass is 16.5. The van der Waals surface area contributed by atoms with Crippen molar-refractivity contribution >= 4 is 5.97 Å². The number of hydrogen-bond donors (Lipinski definition) is 2. The van der Waals surface area contributed by atoms with Crippen molar-refractivity contribution in [2.24, 2.45) is 0 Å². The van der Waals surface area contributed by atoms with Gasteiger partial charge in [0.1, 0.15) is 11.9 Å². The van der Waals surface area contributed by atoms with Crippen LogP contribution < -0.4 is 4.74 Å². The predicted molar refractivity (Wildman–Crippen MR) is 104 cm³/mol. The minimum absolute atomic E-state index is 0.273. The molecule has 142 valence electrons. The first-order valence-corrected chi connectivity index (χ1v) is 9.15. The number of rotatable bonds is 7. The van der Waals surface area contributed by atoms with Gasteiger partial charge < -0.3 is 14.9 Å². The smallest absolute Gasteiger partial charge is 0.335 e. The summed E-state index contributed by atoms with van der Waals surface area (Å²) < 4.78 is 6.13. The van der Waals surface area contributed by atoms with Crippen LogP contribution in [0.25, 0.3) is 0 Å². The molecule has 1 aromatic carbocycles. The molecule has 0 spiro atoms. The largest absolute Gasteiger partial charge is 0.486 e. The van der Waals surface area contributed by atoms with E-state index in [0.717, 1.165) is 23.3 Å². The Morgan fingerprint density at radius 1 is 1.23 bits per heavy atom. The summed E-state index contributed by atoms with van der Waals surface area (Å²) in [5.41, 5.74) is 3.43. The first kappa shape index (κ1) is 20.2. The Bertz CT molecular complexity index is 733. The number of hydrogen-bond acceptors (Lipinski definition) is 3. The van der Waals surface area contributed by atoms with Crippen molar-refractivity contribution in [3.63, 3.8) is 0 Å². The standard InChI is InChI=1S/C22H30O4/c1-14(2)7-6-10-22(5,25)19-13-17-12-18(21(23)24)11-16(20(17)26-19)9-8-15(3)4/h7-8,11-12,19,25H,6,9-10,13H2,1-5H3,(H,23,24)/t19-,22+/m1/s1. The van der Waals surface area contributed by atoms with Gasteiger partial charge in [-0.3, -0.25) is 0 Å². The van der Waals surface area contributed by atoms with Crippen LogP contribution in [0.3, 0.4) is 0 Å². The van der Waals surface area contributed by atoms with Crippen molar-refractivity contribution < 1.29 is 19.7 Å². The van der Waals surface area contributed by atoms with E-state index in [-0.39, 0.29) is 11.7 Å². The minimum Gasteiger partial charge on any atom is -0.486 e. The van der Waals surface area contributed by atoms with Gasteiger partial charge in [0, 0.05) is 6.42 Å². The lowest BCUT2D eigenvalue weighted by molar-refractivity contribution is -0.0435. The molecule has 0 saturated carbocycles. The van der Waals surface area contributed by atoms with Gasteiger partial charge in [-0.25, -0.2) is 4.79 Å². The fraction of sp³-hybridized carbons (Fsp3) is 0.500. The Morgan fingerprint density at radius 2 is 1.88 bits per heavy atom. The number of ether oxygens (including phenoxy) is 1. The normalized spacial score (nSPS) is 17.7. The van der Waals surface area contributed by atoms with Crippen molar-refractivity contribution in [3.8, 4) is 5.75 Å². The van der Waals surface area contributed by atoms with E-state index in [1.807, 2.05) is 27.7 Å². The first-order valence-electron chi connectivity index (χ1n) is 9.15. The molecule has 0 amide bonds. The molecular formula is C22H30O4. The Morgan fingerprint density at radius 3 is 2.46 bits per heavy atom.